The summed E-state index contributed by atoms with van der Waals surface area (Å²) in [7, 11) is -17.4. The molecule has 0 aromatic heterocycles. The maximum atomic E-state index is 11.9. The number of unbranched alkanes of at least 4 members (excludes halogenated alkanes) is 12. The van der Waals surface area contributed by atoms with Crippen molar-refractivity contribution >= 4 is 30.9 Å². The summed E-state index contributed by atoms with van der Waals surface area (Å²) in [4.78, 5) is 11.9. The predicted molar refractivity (Wildman–Crippen MR) is 242 cm³/mol. The quantitative estimate of drug-likeness (QED) is 0.0390. The maximum absolute atomic E-state index is 11.9. The summed E-state index contributed by atoms with van der Waals surface area (Å²) in [5.41, 5.74) is 0.722. The highest BCUT2D eigenvalue weighted by Crippen LogP contribution is 2.37. The van der Waals surface area contributed by atoms with Gasteiger partial charge >= 0.3 is 5.97 Å². The summed E-state index contributed by atoms with van der Waals surface area (Å²) < 4.78 is 261. The van der Waals surface area contributed by atoms with Gasteiger partial charge in [0, 0.05) is 48.7 Å². The van der Waals surface area contributed by atoms with Crippen LogP contribution in [0.15, 0.2) is 11.6 Å². The largest absolute Gasteiger partial charge is 0.455 e. The summed E-state index contributed by atoms with van der Waals surface area (Å²) in [6, 6.07) is 0. The van der Waals surface area contributed by atoms with Crippen LogP contribution in [0.4, 0.5) is 0 Å². The molecule has 7 nitrogen and oxygen atoms in total. The third-order valence-electron chi connectivity index (χ3n) is 11.0. The van der Waals surface area contributed by atoms with E-state index < -0.39 is 126 Å². The van der Waals surface area contributed by atoms with Gasteiger partial charge in [-0.15, -0.1) is 0 Å². The Morgan fingerprint density at radius 1 is 0.607 bits per heavy atom. The van der Waals surface area contributed by atoms with Crippen LogP contribution in [0.3, 0.4) is 0 Å². The Morgan fingerprint density at radius 2 is 1.05 bits per heavy atom. The lowest BCUT2D eigenvalue weighted by Gasteiger charge is -2.33. The molecule has 328 valence electrons. The number of cyclic esters (lactones) is 1. The van der Waals surface area contributed by atoms with Crippen molar-refractivity contribution in [1.29, 1.82) is 0 Å². The van der Waals surface area contributed by atoms with E-state index in [1.807, 2.05) is 19.9 Å². The molecule has 3 rings (SSSR count). The number of esters is 1. The zero-order valence-corrected chi connectivity index (χ0v) is 37.0. The van der Waals surface area contributed by atoms with Crippen LogP contribution in [0.1, 0.15) is 205 Å². The molecule has 10 heteroatoms. The molecule has 0 amide bonds. The molecule has 56 heavy (non-hydrogen) atoms. The second-order valence-electron chi connectivity index (χ2n) is 16.3. The van der Waals surface area contributed by atoms with Gasteiger partial charge in [-0.2, -0.15) is 0 Å². The molecule has 0 unspecified atom stereocenters. The molecule has 0 bridgehead atoms. The first-order valence-corrected chi connectivity index (χ1v) is 27.2. The molecular formula is C46H90O7Si3. The van der Waals surface area contributed by atoms with E-state index in [9.17, 15) is 4.79 Å². The van der Waals surface area contributed by atoms with Crippen LogP contribution in [-0.2, 0) is 32.3 Å². The predicted octanol–water partition coefficient (Wildman–Crippen LogP) is 13.4. The highest BCUT2D eigenvalue weighted by atomic mass is 28.4. The zero-order chi connectivity index (χ0) is 63.7. The van der Waals surface area contributed by atoms with Gasteiger partial charge in [0.15, 0.2) is 25.0 Å². The van der Waals surface area contributed by atoms with Crippen LogP contribution in [0.25, 0.3) is 0 Å². The van der Waals surface area contributed by atoms with Gasteiger partial charge < -0.3 is 27.5 Å². The molecular weight excluding hydrogens is 749 g/mol. The van der Waals surface area contributed by atoms with Crippen molar-refractivity contribution in [3.63, 3.8) is 0 Å². The molecule has 2 saturated heterocycles. The van der Waals surface area contributed by atoms with Crippen LogP contribution in [0.5, 0.6) is 0 Å². The lowest BCUT2D eigenvalue weighted by Crippen LogP contribution is -2.41. The SMILES string of the molecule is [2H]C([2H])([2H])[Si](O[C@@H](CCCCCC)CCC[C@@H](O[Si](C([2H])([2H])[2H])(C([2H])([2H])[2H])C([2H])([2H])[2H])[C@H]1CC[C@H]([C@H]2CC[C@H]([C@@H](CCCCCCCCCCCCC3=C[C@H](C)OC3=O)O[Si](C([2H])([2H])[2H])(C([2H])([2H])[2H])C([2H])([2H])[2H])O2)O1)(C([2H])([2H])[2H])C([2H])([2H])[2H]. The lowest BCUT2D eigenvalue weighted by molar-refractivity contribution is -0.139. The van der Waals surface area contributed by atoms with E-state index >= 15 is 0 Å². The molecule has 8 atom stereocenters. The van der Waals surface area contributed by atoms with Gasteiger partial charge in [-0.1, -0.05) is 90.4 Å². The Morgan fingerprint density at radius 3 is 1.55 bits per heavy atom. The number of carbonyl (C=O) groups excluding carboxylic acids is 1. The molecule has 3 aliphatic rings. The summed E-state index contributed by atoms with van der Waals surface area (Å²) >= 11 is 0. The molecule has 0 aromatic rings. The number of hydrogen-bond donors (Lipinski definition) is 0. The van der Waals surface area contributed by atoms with Crippen LogP contribution < -0.4 is 0 Å². The van der Waals surface area contributed by atoms with Gasteiger partial charge in [0.1, 0.15) is 6.10 Å². The van der Waals surface area contributed by atoms with Crippen molar-refractivity contribution in [2.75, 3.05) is 0 Å². The molecule has 3 heterocycles. The van der Waals surface area contributed by atoms with E-state index in [0.717, 1.165) is 69.8 Å². The van der Waals surface area contributed by atoms with Crippen molar-refractivity contribution in [2.24, 2.45) is 0 Å². The molecule has 2 fully saturated rings. The fourth-order valence-corrected chi connectivity index (χ4v) is 10.5. The Labute approximate surface area is 387 Å². The second-order valence-corrected chi connectivity index (χ2v) is 21.1. The van der Waals surface area contributed by atoms with Gasteiger partial charge in [-0.3, -0.25) is 0 Å². The van der Waals surface area contributed by atoms with Crippen molar-refractivity contribution in [3.8, 4) is 0 Å². The van der Waals surface area contributed by atoms with Crippen LogP contribution in [0, 0.1) is 0 Å². The standard InChI is InChI=1S/C46H90O7Si3/c1-12-13-14-24-28-39(51-54(3,4)5)29-26-31-45(53-56(9,10)11)43-35-33-41(50-43)40-32-34-42(49-40)44(52-55(6,7)8)30-25-22-20-18-16-15-17-19-21-23-27-38-36-37(2)48-46(38)47/h36-37,39-45H,12-35H2,1-11H3/t37-,39-,40+,41+,42+,43+,44+,45+/m0/s1/i3D3,4D3,5D3,6D3,7D3,8D3,9D3,10D3,11D3. The first-order chi connectivity index (χ1) is 37.7. The summed E-state index contributed by atoms with van der Waals surface area (Å²) in [5, 5.41) is 0. The summed E-state index contributed by atoms with van der Waals surface area (Å²) in [6.45, 7) is -28.6. The fraction of sp³-hybridized carbons (Fsp3) is 0.935. The average Bonchev–Trinajstić information content (AvgIpc) is 2.26. The molecule has 0 N–H and O–H groups in total. The fourth-order valence-electron chi connectivity index (χ4n) is 8.32. The molecule has 0 aromatic carbocycles. The minimum Gasteiger partial charge on any atom is -0.455 e. The van der Waals surface area contributed by atoms with Gasteiger partial charge in [0.05, 0.1) is 36.6 Å². The van der Waals surface area contributed by atoms with Crippen LogP contribution in [-0.4, -0.2) is 79.8 Å². The summed E-state index contributed by atoms with van der Waals surface area (Å²) in [5.74, 6) is -0.253. The van der Waals surface area contributed by atoms with E-state index in [1.165, 1.54) is 0 Å². The van der Waals surface area contributed by atoms with Crippen molar-refractivity contribution < 1.29 is 69.3 Å². The maximum Gasteiger partial charge on any atom is 0.334 e. The zero-order valence-electron chi connectivity index (χ0n) is 61.0. The smallest absolute Gasteiger partial charge is 0.334 e. The van der Waals surface area contributed by atoms with Gasteiger partial charge in [0.25, 0.3) is 0 Å². The highest BCUT2D eigenvalue weighted by Gasteiger charge is 2.43. The number of ether oxygens (including phenoxy) is 3. The van der Waals surface area contributed by atoms with Gasteiger partial charge in [-0.05, 0) is 142 Å². The van der Waals surface area contributed by atoms with Gasteiger partial charge in [0.2, 0.25) is 0 Å². The van der Waals surface area contributed by atoms with E-state index in [4.69, 9.17) is 64.5 Å². The number of rotatable bonds is 31. The lowest BCUT2D eigenvalue weighted by atomic mass is 9.99. The normalized spacial score (nSPS) is 34.2. The van der Waals surface area contributed by atoms with E-state index in [1.54, 1.807) is 0 Å². The molecule has 0 aliphatic carbocycles. The molecule has 0 saturated carbocycles. The number of hydrogen-bond acceptors (Lipinski definition) is 7. The second kappa shape index (κ2) is 25.4. The number of carbonyl (C=O) groups is 1. The van der Waals surface area contributed by atoms with Crippen LogP contribution >= 0.6 is 0 Å². The van der Waals surface area contributed by atoms with Crippen molar-refractivity contribution in [2.45, 2.75) is 275 Å². The van der Waals surface area contributed by atoms with E-state index in [2.05, 4.69) is 0 Å². The molecule has 0 spiro atoms. The third-order valence-corrected chi connectivity index (χ3v) is 13.0. The van der Waals surface area contributed by atoms with Crippen LogP contribution in [0.2, 0.25) is 58.3 Å². The minimum atomic E-state index is -5.96. The van der Waals surface area contributed by atoms with E-state index in [0.29, 0.717) is 32.1 Å². The molecule has 0 radical (unpaired) electrons. The molecule has 3 aliphatic heterocycles. The Kier molecular flexibility index (Phi) is 10.5. The van der Waals surface area contributed by atoms with E-state index in [-0.39, 0.29) is 69.9 Å². The Balaban J connectivity index is 1.91. The highest BCUT2D eigenvalue weighted by molar-refractivity contribution is 6.70. The minimum absolute atomic E-state index is 0.0143. The van der Waals surface area contributed by atoms with Crippen molar-refractivity contribution in [3.05, 3.63) is 11.6 Å². The third kappa shape index (κ3) is 21.3. The Bertz CT molecular complexity index is 1910. The topological polar surface area (TPSA) is 72.5 Å². The van der Waals surface area contributed by atoms with Crippen molar-refractivity contribution in [1.82, 2.24) is 0 Å². The first kappa shape index (κ1) is 23.2. The first-order valence-electron chi connectivity index (χ1n) is 34.9. The monoisotopic (exact) mass is 866 g/mol. The summed E-state index contributed by atoms with van der Waals surface area (Å²) in [6.07, 6.45) is 4.91. The van der Waals surface area contributed by atoms with Gasteiger partial charge in [-0.25, -0.2) is 4.79 Å². The Hall–Kier alpha value is -0.339. The average molecular weight is 867 g/mol.